The predicted molar refractivity (Wildman–Crippen MR) is 123 cm³/mol. The van der Waals surface area contributed by atoms with Crippen molar-refractivity contribution in [3.05, 3.63) is 84.4 Å². The summed E-state index contributed by atoms with van der Waals surface area (Å²) >= 11 is 0. The number of fused-ring (bicyclic) bond motifs is 1. The average molecular weight is 467 g/mol. The molecule has 0 aromatic heterocycles. The van der Waals surface area contributed by atoms with Crippen LogP contribution in [0, 0.1) is 11.6 Å². The zero-order chi connectivity index (χ0) is 23.9. The second-order valence-corrected chi connectivity index (χ2v) is 7.78. The van der Waals surface area contributed by atoms with E-state index < -0.39 is 17.7 Å². The lowest BCUT2D eigenvalue weighted by atomic mass is 10.2. The van der Waals surface area contributed by atoms with Crippen molar-refractivity contribution in [1.82, 2.24) is 4.90 Å². The summed E-state index contributed by atoms with van der Waals surface area (Å²) in [6.07, 6.45) is -0.410. The van der Waals surface area contributed by atoms with Crippen molar-refractivity contribution in [2.45, 2.75) is 6.10 Å². The Labute approximate surface area is 195 Å². The van der Waals surface area contributed by atoms with Crippen LogP contribution in [0.5, 0.6) is 11.5 Å². The largest absolute Gasteiger partial charge is 0.486 e. The first-order chi connectivity index (χ1) is 16.4. The van der Waals surface area contributed by atoms with Crippen LogP contribution in [0.4, 0.5) is 20.2 Å². The lowest BCUT2D eigenvalue weighted by molar-refractivity contribution is -0.120. The Balaban J connectivity index is 1.41. The average Bonchev–Trinajstić information content (AvgIpc) is 2.82. The molecule has 3 aromatic rings. The van der Waals surface area contributed by atoms with Crippen molar-refractivity contribution in [3.8, 4) is 11.5 Å². The second kappa shape index (κ2) is 10.8. The van der Waals surface area contributed by atoms with Gasteiger partial charge in [-0.2, -0.15) is 0 Å². The summed E-state index contributed by atoms with van der Waals surface area (Å²) in [5.41, 5.74) is 0.876. The first-order valence-electron chi connectivity index (χ1n) is 10.7. The normalized spacial score (nSPS) is 14.5. The summed E-state index contributed by atoms with van der Waals surface area (Å²) in [5, 5.41) is 5.38. The Bertz CT molecular complexity index is 1080. The molecule has 3 aromatic carbocycles. The molecular formula is C25H23F2N3O4. The number of carbonyl (C=O) groups is 2. The zero-order valence-corrected chi connectivity index (χ0v) is 18.2. The van der Waals surface area contributed by atoms with Crippen LogP contribution in [0.25, 0.3) is 0 Å². The summed E-state index contributed by atoms with van der Waals surface area (Å²) in [7, 11) is 0. The molecule has 1 atom stereocenters. The Kier molecular flexibility index (Phi) is 7.34. The van der Waals surface area contributed by atoms with Crippen molar-refractivity contribution in [3.63, 3.8) is 0 Å². The number of hydrogen-bond acceptors (Lipinski definition) is 5. The first-order valence-corrected chi connectivity index (χ1v) is 10.7. The van der Waals surface area contributed by atoms with Gasteiger partial charge < -0.3 is 20.1 Å². The highest BCUT2D eigenvalue weighted by Crippen LogP contribution is 2.31. The maximum Gasteiger partial charge on any atom is 0.238 e. The van der Waals surface area contributed by atoms with Gasteiger partial charge in [-0.15, -0.1) is 0 Å². The smallest absolute Gasteiger partial charge is 0.238 e. The van der Waals surface area contributed by atoms with E-state index in [2.05, 4.69) is 10.6 Å². The number of rotatable bonds is 8. The molecule has 9 heteroatoms. The van der Waals surface area contributed by atoms with E-state index in [1.165, 1.54) is 48.5 Å². The van der Waals surface area contributed by atoms with Crippen molar-refractivity contribution in [2.75, 3.05) is 36.9 Å². The Morgan fingerprint density at radius 2 is 1.29 bits per heavy atom. The van der Waals surface area contributed by atoms with Crippen LogP contribution in [-0.4, -0.2) is 49.1 Å². The van der Waals surface area contributed by atoms with E-state index in [1.54, 1.807) is 17.0 Å². The standard InChI is InChI=1S/C25H23F2N3O4/c26-17-5-9-19(10-6-17)28-24(31)14-30(15-25(32)29-20-11-7-18(27)8-12-20)13-21-16-33-22-3-1-2-4-23(22)34-21/h1-12,21H,13-16H2,(H,28,31)(H,29,32)/t21-/m0/s1. The molecule has 1 heterocycles. The fourth-order valence-corrected chi connectivity index (χ4v) is 3.50. The number of para-hydroxylation sites is 2. The summed E-state index contributed by atoms with van der Waals surface area (Å²) in [6.45, 7) is 0.264. The predicted octanol–water partition coefficient (Wildman–Crippen LogP) is 3.68. The molecule has 34 heavy (non-hydrogen) atoms. The molecule has 0 saturated carbocycles. The Hall–Kier alpha value is -3.98. The quantitative estimate of drug-likeness (QED) is 0.528. The lowest BCUT2D eigenvalue weighted by Gasteiger charge is -2.30. The van der Waals surface area contributed by atoms with Crippen LogP contribution in [0.2, 0.25) is 0 Å². The molecule has 0 unspecified atom stereocenters. The first kappa shape index (κ1) is 23.2. The van der Waals surface area contributed by atoms with Gasteiger partial charge in [-0.3, -0.25) is 14.5 Å². The number of halogens is 2. The summed E-state index contributed by atoms with van der Waals surface area (Å²) in [6, 6.07) is 18.0. The minimum atomic E-state index is -0.410. The van der Waals surface area contributed by atoms with Crippen LogP contribution in [-0.2, 0) is 9.59 Å². The van der Waals surface area contributed by atoms with E-state index >= 15 is 0 Å². The highest BCUT2D eigenvalue weighted by atomic mass is 19.1. The third-order valence-corrected chi connectivity index (χ3v) is 5.02. The molecule has 1 aliphatic heterocycles. The van der Waals surface area contributed by atoms with Crippen molar-refractivity contribution in [2.24, 2.45) is 0 Å². The Morgan fingerprint density at radius 1 is 0.794 bits per heavy atom. The van der Waals surface area contributed by atoms with Gasteiger partial charge in [0.25, 0.3) is 0 Å². The number of benzene rings is 3. The van der Waals surface area contributed by atoms with Crippen LogP contribution in [0.1, 0.15) is 0 Å². The third kappa shape index (κ3) is 6.52. The number of anilines is 2. The second-order valence-electron chi connectivity index (χ2n) is 7.78. The van der Waals surface area contributed by atoms with Crippen LogP contribution in [0.15, 0.2) is 72.8 Å². The lowest BCUT2D eigenvalue weighted by Crippen LogP contribution is -2.46. The highest BCUT2D eigenvalue weighted by Gasteiger charge is 2.25. The number of amides is 2. The number of hydrogen-bond donors (Lipinski definition) is 2. The molecule has 0 spiro atoms. The van der Waals surface area contributed by atoms with Gasteiger partial charge >= 0.3 is 0 Å². The monoisotopic (exact) mass is 467 g/mol. The molecule has 0 aliphatic carbocycles. The van der Waals surface area contributed by atoms with E-state index in [4.69, 9.17) is 9.47 Å². The fourth-order valence-electron chi connectivity index (χ4n) is 3.50. The molecule has 0 fully saturated rings. The summed E-state index contributed by atoms with van der Waals surface area (Å²) < 4.78 is 38.0. The van der Waals surface area contributed by atoms with Gasteiger partial charge in [0.1, 0.15) is 24.3 Å². The molecular weight excluding hydrogens is 444 g/mol. The summed E-state index contributed by atoms with van der Waals surface area (Å²) in [5.74, 6) is -0.353. The maximum atomic E-state index is 13.1. The molecule has 2 amide bonds. The van der Waals surface area contributed by atoms with E-state index in [9.17, 15) is 18.4 Å². The highest BCUT2D eigenvalue weighted by molar-refractivity contribution is 5.94. The number of ether oxygens (including phenoxy) is 2. The van der Waals surface area contributed by atoms with Gasteiger partial charge in [0.2, 0.25) is 11.8 Å². The van der Waals surface area contributed by atoms with Gasteiger partial charge in [0, 0.05) is 17.9 Å². The van der Waals surface area contributed by atoms with E-state index in [1.807, 2.05) is 12.1 Å². The van der Waals surface area contributed by atoms with Gasteiger partial charge in [0.05, 0.1) is 13.1 Å². The molecule has 7 nitrogen and oxygen atoms in total. The fraction of sp³-hybridized carbons (Fsp3) is 0.200. The van der Waals surface area contributed by atoms with Crippen molar-refractivity contribution in [1.29, 1.82) is 0 Å². The van der Waals surface area contributed by atoms with Gasteiger partial charge in [-0.25, -0.2) is 8.78 Å². The van der Waals surface area contributed by atoms with Crippen molar-refractivity contribution < 1.29 is 27.8 Å². The molecule has 0 bridgehead atoms. The third-order valence-electron chi connectivity index (χ3n) is 5.02. The number of nitrogens with one attached hydrogen (secondary N) is 2. The van der Waals surface area contributed by atoms with E-state index in [0.29, 0.717) is 22.9 Å². The SMILES string of the molecule is O=C(CN(CC(=O)Nc1ccc(F)cc1)C[C@H]1COc2ccccc2O1)Nc1ccc(F)cc1. The van der Waals surface area contributed by atoms with Crippen molar-refractivity contribution >= 4 is 23.2 Å². The molecule has 4 rings (SSSR count). The van der Waals surface area contributed by atoms with Gasteiger partial charge in [0.15, 0.2) is 11.5 Å². The maximum absolute atomic E-state index is 13.1. The number of nitrogens with zero attached hydrogens (tertiary/aromatic N) is 1. The molecule has 2 N–H and O–H groups in total. The van der Waals surface area contributed by atoms with E-state index in [0.717, 1.165) is 0 Å². The van der Waals surface area contributed by atoms with Crippen LogP contribution >= 0.6 is 0 Å². The number of carbonyl (C=O) groups excluding carboxylic acids is 2. The minimum absolute atomic E-state index is 0.115. The molecule has 0 radical (unpaired) electrons. The zero-order valence-electron chi connectivity index (χ0n) is 18.2. The van der Waals surface area contributed by atoms with E-state index in [-0.39, 0.29) is 38.1 Å². The molecule has 176 valence electrons. The molecule has 0 saturated heterocycles. The van der Waals surface area contributed by atoms with Gasteiger partial charge in [-0.1, -0.05) is 12.1 Å². The van der Waals surface area contributed by atoms with Gasteiger partial charge in [-0.05, 0) is 60.7 Å². The van der Waals surface area contributed by atoms with Crippen LogP contribution < -0.4 is 20.1 Å². The molecule has 1 aliphatic rings. The minimum Gasteiger partial charge on any atom is -0.486 e. The Morgan fingerprint density at radius 3 is 1.82 bits per heavy atom. The topological polar surface area (TPSA) is 79.9 Å². The van der Waals surface area contributed by atoms with Crippen LogP contribution in [0.3, 0.4) is 0 Å². The summed E-state index contributed by atoms with van der Waals surface area (Å²) in [4.78, 5) is 26.9.